The summed E-state index contributed by atoms with van der Waals surface area (Å²) >= 11 is 6.10. The van der Waals surface area contributed by atoms with Crippen LogP contribution >= 0.6 is 11.6 Å². The van der Waals surface area contributed by atoms with Gasteiger partial charge in [0.1, 0.15) is 5.52 Å². The van der Waals surface area contributed by atoms with Crippen LogP contribution in [0.3, 0.4) is 0 Å². The van der Waals surface area contributed by atoms with Crippen molar-refractivity contribution in [3.8, 4) is 0 Å². The lowest BCUT2D eigenvalue weighted by Crippen LogP contribution is -2.48. The fraction of sp³-hybridized carbons (Fsp3) is 0.227. The molecule has 0 atom stereocenters. The quantitative estimate of drug-likeness (QED) is 0.499. The van der Waals surface area contributed by atoms with Crippen LogP contribution in [0, 0.1) is 0 Å². The summed E-state index contributed by atoms with van der Waals surface area (Å²) in [5.74, 6) is -0.0318. The van der Waals surface area contributed by atoms with E-state index in [4.69, 9.17) is 11.6 Å². The maximum absolute atomic E-state index is 13.1. The molecule has 1 aliphatic heterocycles. The summed E-state index contributed by atoms with van der Waals surface area (Å²) in [6.07, 6.45) is 1.61. The van der Waals surface area contributed by atoms with Crippen molar-refractivity contribution in [3.05, 3.63) is 75.7 Å². The Labute approximate surface area is 177 Å². The minimum atomic E-state index is -0.139. The van der Waals surface area contributed by atoms with E-state index in [0.717, 1.165) is 24.3 Å². The molecule has 30 heavy (non-hydrogen) atoms. The van der Waals surface area contributed by atoms with Gasteiger partial charge in [0.15, 0.2) is 0 Å². The van der Waals surface area contributed by atoms with Crippen molar-refractivity contribution in [1.29, 1.82) is 0 Å². The Kier molecular flexibility index (Phi) is 4.47. The molecule has 0 aliphatic carbocycles. The van der Waals surface area contributed by atoms with Gasteiger partial charge < -0.3 is 14.4 Å². The molecule has 1 fully saturated rings. The van der Waals surface area contributed by atoms with Gasteiger partial charge in [0.05, 0.1) is 17.2 Å². The highest BCUT2D eigenvalue weighted by atomic mass is 35.5. The van der Waals surface area contributed by atoms with Crippen molar-refractivity contribution in [3.63, 3.8) is 0 Å². The number of aryl methyl sites for hydroxylation is 1. The van der Waals surface area contributed by atoms with Gasteiger partial charge in [0, 0.05) is 49.5 Å². The van der Waals surface area contributed by atoms with Crippen LogP contribution in [0.25, 0.3) is 16.6 Å². The van der Waals surface area contributed by atoms with Gasteiger partial charge in [-0.05, 0) is 42.5 Å². The zero-order valence-corrected chi connectivity index (χ0v) is 17.2. The molecular formula is C22H20ClN5O2. The normalized spacial score (nSPS) is 14.6. The molecule has 152 valence electrons. The van der Waals surface area contributed by atoms with Gasteiger partial charge in [-0.1, -0.05) is 17.7 Å². The van der Waals surface area contributed by atoms with Crippen LogP contribution in [0.5, 0.6) is 0 Å². The number of fused-ring (bicyclic) bond motifs is 3. The largest absolute Gasteiger partial charge is 0.368 e. The number of benzene rings is 2. The fourth-order valence-corrected chi connectivity index (χ4v) is 4.25. The Bertz CT molecular complexity index is 1330. The van der Waals surface area contributed by atoms with Crippen molar-refractivity contribution >= 4 is 39.7 Å². The monoisotopic (exact) mass is 421 g/mol. The summed E-state index contributed by atoms with van der Waals surface area (Å²) in [6.45, 7) is 2.74. The summed E-state index contributed by atoms with van der Waals surface area (Å²) in [5.41, 5.74) is 3.48. The molecule has 0 unspecified atom stereocenters. The van der Waals surface area contributed by atoms with E-state index in [-0.39, 0.29) is 11.5 Å². The number of piperazine rings is 1. The highest BCUT2D eigenvalue weighted by molar-refractivity contribution is 6.30. The number of amides is 1. The van der Waals surface area contributed by atoms with E-state index in [0.29, 0.717) is 34.7 Å². The van der Waals surface area contributed by atoms with E-state index in [1.807, 2.05) is 35.2 Å². The molecule has 2 aromatic heterocycles. The molecule has 7 nitrogen and oxygen atoms in total. The molecule has 0 radical (unpaired) electrons. The average molecular weight is 422 g/mol. The third-order valence-electron chi connectivity index (χ3n) is 5.72. The second kappa shape index (κ2) is 7.18. The first-order chi connectivity index (χ1) is 14.5. The molecule has 1 aliphatic rings. The predicted molar refractivity (Wildman–Crippen MR) is 118 cm³/mol. The maximum Gasteiger partial charge on any atom is 0.276 e. The number of hydrogen-bond donors (Lipinski definition) is 0. The van der Waals surface area contributed by atoms with Gasteiger partial charge in [-0.2, -0.15) is 5.10 Å². The fourth-order valence-electron chi connectivity index (χ4n) is 4.07. The Hall–Kier alpha value is -3.32. The Balaban J connectivity index is 1.41. The average Bonchev–Trinajstić information content (AvgIpc) is 3.27. The van der Waals surface area contributed by atoms with Gasteiger partial charge in [0.25, 0.3) is 11.5 Å². The summed E-state index contributed by atoms with van der Waals surface area (Å²) in [5, 5.41) is 4.96. The number of rotatable bonds is 2. The van der Waals surface area contributed by atoms with Gasteiger partial charge in [-0.3, -0.25) is 9.59 Å². The molecule has 0 bridgehead atoms. The number of aromatic nitrogens is 3. The van der Waals surface area contributed by atoms with Gasteiger partial charge in [-0.25, -0.2) is 4.52 Å². The molecule has 0 N–H and O–H groups in total. The molecule has 3 heterocycles. The lowest BCUT2D eigenvalue weighted by atomic mass is 10.1. The number of anilines is 1. The molecule has 1 amide bonds. The van der Waals surface area contributed by atoms with Crippen LogP contribution in [0.15, 0.2) is 59.5 Å². The summed E-state index contributed by atoms with van der Waals surface area (Å²) in [4.78, 5) is 29.8. The van der Waals surface area contributed by atoms with E-state index in [1.54, 1.807) is 40.5 Å². The zero-order valence-electron chi connectivity index (χ0n) is 16.5. The van der Waals surface area contributed by atoms with Crippen molar-refractivity contribution in [2.75, 3.05) is 31.1 Å². The van der Waals surface area contributed by atoms with Crippen LogP contribution in [0.2, 0.25) is 5.02 Å². The van der Waals surface area contributed by atoms with Crippen LogP contribution < -0.4 is 10.5 Å². The molecule has 2 aromatic carbocycles. The summed E-state index contributed by atoms with van der Waals surface area (Å²) in [6, 6.07) is 14.9. The van der Waals surface area contributed by atoms with Crippen LogP contribution in [-0.4, -0.2) is 51.2 Å². The van der Waals surface area contributed by atoms with Crippen LogP contribution in [-0.2, 0) is 7.05 Å². The van der Waals surface area contributed by atoms with Crippen molar-refractivity contribution in [1.82, 2.24) is 19.1 Å². The minimum absolute atomic E-state index is 0.0318. The molecule has 5 rings (SSSR count). The van der Waals surface area contributed by atoms with E-state index in [2.05, 4.69) is 10.00 Å². The number of hydrogen-bond acceptors (Lipinski definition) is 4. The molecule has 1 saturated heterocycles. The van der Waals surface area contributed by atoms with E-state index in [9.17, 15) is 9.59 Å². The van der Waals surface area contributed by atoms with E-state index >= 15 is 0 Å². The molecule has 4 aromatic rings. The lowest BCUT2D eigenvalue weighted by molar-refractivity contribution is 0.0747. The molecule has 0 saturated carbocycles. The van der Waals surface area contributed by atoms with Crippen LogP contribution in [0.4, 0.5) is 5.69 Å². The van der Waals surface area contributed by atoms with Gasteiger partial charge in [0.2, 0.25) is 0 Å². The van der Waals surface area contributed by atoms with Crippen molar-refractivity contribution < 1.29 is 4.79 Å². The molecule has 8 heteroatoms. The first-order valence-corrected chi connectivity index (χ1v) is 10.2. The molecular weight excluding hydrogens is 402 g/mol. The van der Waals surface area contributed by atoms with Crippen LogP contribution in [0.1, 0.15) is 10.4 Å². The molecule has 0 spiro atoms. The number of halogens is 1. The van der Waals surface area contributed by atoms with Crippen molar-refractivity contribution in [2.45, 2.75) is 0 Å². The highest BCUT2D eigenvalue weighted by Crippen LogP contribution is 2.22. The van der Waals surface area contributed by atoms with Crippen molar-refractivity contribution in [2.24, 2.45) is 7.05 Å². The number of carbonyl (C=O) groups is 1. The van der Waals surface area contributed by atoms with E-state index < -0.39 is 0 Å². The second-order valence-electron chi connectivity index (χ2n) is 7.46. The number of carbonyl (C=O) groups excluding carboxylic acids is 1. The standard InChI is InChI=1S/C22H20ClN5O2/c1-25-20-13-15(5-6-18(20)28-19(22(25)30)7-8-24-28)21(29)27-11-9-26(10-12-27)17-4-2-3-16(23)14-17/h2-8,13-14H,9-12H2,1H3. The van der Waals surface area contributed by atoms with E-state index in [1.165, 1.54) is 0 Å². The first kappa shape index (κ1) is 18.7. The number of nitrogens with zero attached hydrogens (tertiary/aromatic N) is 5. The predicted octanol–water partition coefficient (Wildman–Crippen LogP) is 2.80. The lowest BCUT2D eigenvalue weighted by Gasteiger charge is -2.36. The maximum atomic E-state index is 13.1. The Morgan fingerprint density at radius 2 is 1.77 bits per heavy atom. The summed E-state index contributed by atoms with van der Waals surface area (Å²) < 4.78 is 3.19. The zero-order chi connectivity index (χ0) is 20.8. The Morgan fingerprint density at radius 1 is 0.967 bits per heavy atom. The Morgan fingerprint density at radius 3 is 2.53 bits per heavy atom. The third kappa shape index (κ3) is 3.02. The first-order valence-electron chi connectivity index (χ1n) is 9.79. The van der Waals surface area contributed by atoms with Gasteiger partial charge >= 0.3 is 0 Å². The highest BCUT2D eigenvalue weighted by Gasteiger charge is 2.23. The summed E-state index contributed by atoms with van der Waals surface area (Å²) in [7, 11) is 1.72. The second-order valence-corrected chi connectivity index (χ2v) is 7.89. The smallest absolute Gasteiger partial charge is 0.276 e. The van der Waals surface area contributed by atoms with Gasteiger partial charge in [-0.15, -0.1) is 0 Å². The SMILES string of the molecule is Cn1c(=O)c2ccnn2c2ccc(C(=O)N3CCN(c4cccc(Cl)c4)CC3)cc21. The topological polar surface area (TPSA) is 62.9 Å². The minimum Gasteiger partial charge on any atom is -0.368 e. The third-order valence-corrected chi connectivity index (χ3v) is 5.95.